The molecule has 2 saturated heterocycles. The van der Waals surface area contributed by atoms with Crippen LogP contribution in [0, 0.1) is 5.92 Å². The lowest BCUT2D eigenvalue weighted by Crippen LogP contribution is -2.50. The quantitative estimate of drug-likeness (QED) is 0.345. The Bertz CT molecular complexity index is 1300. The van der Waals surface area contributed by atoms with E-state index < -0.39 is 15.1 Å². The zero-order valence-corrected chi connectivity index (χ0v) is 21.8. The molecule has 190 valence electrons. The fourth-order valence-electron chi connectivity index (χ4n) is 6.62. The van der Waals surface area contributed by atoms with E-state index in [-0.39, 0.29) is 18.1 Å². The SMILES string of the molecule is O=S(=O)(c1ccc(CCCCC2CCC2)cc1)C1C2CCC(N2)C1NCc1ccc2ccccc2c1. The zero-order chi connectivity index (χ0) is 24.5. The van der Waals surface area contributed by atoms with E-state index in [1.54, 1.807) is 0 Å². The Morgan fingerprint density at radius 1 is 0.806 bits per heavy atom. The molecule has 36 heavy (non-hydrogen) atoms. The summed E-state index contributed by atoms with van der Waals surface area (Å²) in [5, 5.41) is 9.25. The summed E-state index contributed by atoms with van der Waals surface area (Å²) >= 11 is 0. The van der Waals surface area contributed by atoms with Crippen LogP contribution in [-0.2, 0) is 22.8 Å². The third-order valence-corrected chi connectivity index (χ3v) is 11.2. The van der Waals surface area contributed by atoms with Gasteiger partial charge in [0.15, 0.2) is 9.84 Å². The van der Waals surface area contributed by atoms with Crippen molar-refractivity contribution in [2.45, 2.75) is 92.6 Å². The Morgan fingerprint density at radius 2 is 1.56 bits per heavy atom. The van der Waals surface area contributed by atoms with Gasteiger partial charge >= 0.3 is 0 Å². The van der Waals surface area contributed by atoms with Crippen molar-refractivity contribution in [3.05, 3.63) is 77.9 Å². The first kappa shape index (κ1) is 24.1. The summed E-state index contributed by atoms with van der Waals surface area (Å²) in [6.45, 7) is 0.673. The zero-order valence-electron chi connectivity index (χ0n) is 21.0. The summed E-state index contributed by atoms with van der Waals surface area (Å²) in [7, 11) is -3.43. The molecule has 3 aromatic carbocycles. The second-order valence-corrected chi connectivity index (χ2v) is 13.3. The lowest BCUT2D eigenvalue weighted by atomic mass is 9.81. The van der Waals surface area contributed by atoms with Gasteiger partial charge < -0.3 is 10.6 Å². The van der Waals surface area contributed by atoms with Crippen molar-refractivity contribution in [2.24, 2.45) is 5.92 Å². The van der Waals surface area contributed by atoms with Crippen molar-refractivity contribution in [2.75, 3.05) is 0 Å². The van der Waals surface area contributed by atoms with Crippen LogP contribution in [0.25, 0.3) is 10.8 Å². The van der Waals surface area contributed by atoms with Crippen LogP contribution in [0.3, 0.4) is 0 Å². The molecule has 4 atom stereocenters. The van der Waals surface area contributed by atoms with Crippen LogP contribution < -0.4 is 10.6 Å². The number of hydrogen-bond donors (Lipinski definition) is 2. The number of sulfone groups is 1. The Kier molecular flexibility index (Phi) is 6.89. The second-order valence-electron chi connectivity index (χ2n) is 11.2. The van der Waals surface area contributed by atoms with E-state index in [1.165, 1.54) is 60.4 Å². The third kappa shape index (κ3) is 4.85. The standard InChI is InChI=1S/C31H38N2O2S/c34-36(35,27-16-13-23(14-17-27)7-2-1-6-22-8-5-9-22)31-29-19-18-28(33-29)30(31)32-21-24-12-15-25-10-3-4-11-26(25)20-24/h3-4,10-17,20,22,28-33H,1-2,5-9,18-19,21H2. The normalized spacial score (nSPS) is 25.9. The van der Waals surface area contributed by atoms with E-state index in [0.29, 0.717) is 11.4 Å². The maximum absolute atomic E-state index is 13.8. The molecule has 4 nitrogen and oxygen atoms in total. The van der Waals surface area contributed by atoms with Crippen molar-refractivity contribution in [1.82, 2.24) is 10.6 Å². The molecule has 1 saturated carbocycles. The molecule has 0 aromatic heterocycles. The van der Waals surface area contributed by atoms with Crippen LogP contribution in [0.5, 0.6) is 0 Å². The Labute approximate surface area is 215 Å². The minimum Gasteiger partial charge on any atom is -0.308 e. The lowest BCUT2D eigenvalue weighted by Gasteiger charge is -2.30. The predicted molar refractivity (Wildman–Crippen MR) is 147 cm³/mol. The maximum atomic E-state index is 13.8. The van der Waals surface area contributed by atoms with Crippen LogP contribution in [0.1, 0.15) is 62.5 Å². The summed E-state index contributed by atoms with van der Waals surface area (Å²) in [6, 6.07) is 22.8. The summed E-state index contributed by atoms with van der Waals surface area (Å²) in [5.41, 5.74) is 2.44. The molecule has 0 spiro atoms. The molecular formula is C31H38N2O2S. The van der Waals surface area contributed by atoms with Gasteiger partial charge in [-0.15, -0.1) is 0 Å². The number of nitrogens with one attached hydrogen (secondary N) is 2. The van der Waals surface area contributed by atoms with E-state index in [2.05, 4.69) is 53.1 Å². The predicted octanol–water partition coefficient (Wildman–Crippen LogP) is 5.79. The molecule has 3 aromatic rings. The largest absolute Gasteiger partial charge is 0.308 e. The smallest absolute Gasteiger partial charge is 0.184 e. The minimum absolute atomic E-state index is 0.0280. The van der Waals surface area contributed by atoms with Crippen LogP contribution in [0.2, 0.25) is 0 Å². The average molecular weight is 503 g/mol. The van der Waals surface area contributed by atoms with Gasteiger partial charge in [0.2, 0.25) is 0 Å². The van der Waals surface area contributed by atoms with Crippen LogP contribution in [0.4, 0.5) is 0 Å². The highest BCUT2D eigenvalue weighted by Crippen LogP contribution is 2.36. The topological polar surface area (TPSA) is 58.2 Å². The number of unbranched alkanes of at least 4 members (excludes halogenated alkanes) is 1. The highest BCUT2D eigenvalue weighted by atomic mass is 32.2. The summed E-state index contributed by atoms with van der Waals surface area (Å²) < 4.78 is 27.7. The van der Waals surface area contributed by atoms with Gasteiger partial charge in [-0.3, -0.25) is 0 Å². The highest BCUT2D eigenvalue weighted by Gasteiger charge is 2.53. The maximum Gasteiger partial charge on any atom is 0.184 e. The van der Waals surface area contributed by atoms with Gasteiger partial charge in [0, 0.05) is 24.7 Å². The molecule has 6 rings (SSSR count). The molecule has 2 bridgehead atoms. The molecular weight excluding hydrogens is 464 g/mol. The first-order valence-electron chi connectivity index (χ1n) is 13.9. The van der Waals surface area contributed by atoms with Crippen LogP contribution >= 0.6 is 0 Å². The Balaban J connectivity index is 1.12. The molecule has 0 amide bonds. The fourth-order valence-corrected chi connectivity index (χ4v) is 8.77. The number of rotatable bonds is 10. The third-order valence-electron chi connectivity index (χ3n) is 8.92. The Hall–Kier alpha value is -2.21. The monoisotopic (exact) mass is 502 g/mol. The summed E-state index contributed by atoms with van der Waals surface area (Å²) in [4.78, 5) is 0.470. The first-order valence-corrected chi connectivity index (χ1v) is 15.4. The molecule has 4 unspecified atom stereocenters. The van der Waals surface area contributed by atoms with Crippen molar-refractivity contribution in [3.8, 4) is 0 Å². The van der Waals surface area contributed by atoms with Gasteiger partial charge in [0.05, 0.1) is 10.1 Å². The average Bonchev–Trinajstić information content (AvgIpc) is 3.48. The molecule has 5 heteroatoms. The fraction of sp³-hybridized carbons (Fsp3) is 0.484. The van der Waals surface area contributed by atoms with Gasteiger partial charge in [-0.25, -0.2) is 8.42 Å². The molecule has 2 aliphatic heterocycles. The van der Waals surface area contributed by atoms with Crippen molar-refractivity contribution in [3.63, 3.8) is 0 Å². The number of benzene rings is 3. The molecule has 2 N–H and O–H groups in total. The van der Waals surface area contributed by atoms with E-state index in [9.17, 15) is 8.42 Å². The van der Waals surface area contributed by atoms with Gasteiger partial charge in [-0.1, -0.05) is 80.6 Å². The van der Waals surface area contributed by atoms with Gasteiger partial charge in [0.1, 0.15) is 0 Å². The van der Waals surface area contributed by atoms with Crippen LogP contribution in [-0.4, -0.2) is 31.8 Å². The molecule has 1 aliphatic carbocycles. The molecule has 3 aliphatic rings. The van der Waals surface area contributed by atoms with Crippen molar-refractivity contribution >= 4 is 20.6 Å². The lowest BCUT2D eigenvalue weighted by molar-refractivity contribution is 0.287. The van der Waals surface area contributed by atoms with E-state index in [1.807, 2.05) is 24.3 Å². The van der Waals surface area contributed by atoms with Gasteiger partial charge in [0.25, 0.3) is 0 Å². The second kappa shape index (κ2) is 10.3. The first-order chi connectivity index (χ1) is 17.6. The van der Waals surface area contributed by atoms with E-state index >= 15 is 0 Å². The van der Waals surface area contributed by atoms with Gasteiger partial charge in [-0.2, -0.15) is 0 Å². The summed E-state index contributed by atoms with van der Waals surface area (Å²) in [5.74, 6) is 0.968. The highest BCUT2D eigenvalue weighted by molar-refractivity contribution is 7.92. The molecule has 0 radical (unpaired) electrons. The van der Waals surface area contributed by atoms with E-state index in [0.717, 1.165) is 25.2 Å². The van der Waals surface area contributed by atoms with Crippen LogP contribution in [0.15, 0.2) is 71.6 Å². The van der Waals surface area contributed by atoms with Crippen molar-refractivity contribution < 1.29 is 8.42 Å². The molecule has 2 heterocycles. The number of hydrogen-bond acceptors (Lipinski definition) is 4. The summed E-state index contributed by atoms with van der Waals surface area (Å²) in [6.07, 6.45) is 11.1. The van der Waals surface area contributed by atoms with Gasteiger partial charge in [-0.05, 0) is 71.7 Å². The Morgan fingerprint density at radius 3 is 2.33 bits per heavy atom. The number of aryl methyl sites for hydroxylation is 1. The minimum atomic E-state index is -3.43. The number of fused-ring (bicyclic) bond motifs is 3. The molecule has 3 fully saturated rings. The van der Waals surface area contributed by atoms with Crippen molar-refractivity contribution in [1.29, 1.82) is 0 Å². The van der Waals surface area contributed by atoms with E-state index in [4.69, 9.17) is 0 Å².